The predicted octanol–water partition coefficient (Wildman–Crippen LogP) is 8.80. The molecule has 0 bridgehead atoms. The molecule has 0 amide bonds. The molecular formula is C52H42Si2. The Hall–Kier alpha value is -6.33. The van der Waals surface area contributed by atoms with E-state index < -0.39 is 16.1 Å². The summed E-state index contributed by atoms with van der Waals surface area (Å²) < 4.78 is 0. The Morgan fingerprint density at radius 2 is 0.426 bits per heavy atom. The van der Waals surface area contributed by atoms with Crippen LogP contribution >= 0.6 is 0 Å². The monoisotopic (exact) mass is 722 g/mol. The van der Waals surface area contributed by atoms with E-state index in [4.69, 9.17) is 0 Å². The molecule has 0 nitrogen and oxygen atoms in total. The molecule has 0 aromatic heterocycles. The van der Waals surface area contributed by atoms with E-state index in [1.54, 1.807) is 0 Å². The van der Waals surface area contributed by atoms with Gasteiger partial charge in [0.25, 0.3) is 0 Å². The first-order valence-electron chi connectivity index (χ1n) is 18.7. The van der Waals surface area contributed by atoms with E-state index in [9.17, 15) is 0 Å². The highest BCUT2D eigenvalue weighted by Crippen LogP contribution is 2.23. The van der Waals surface area contributed by atoms with Crippen LogP contribution in [0.1, 0.15) is 11.1 Å². The Bertz CT molecular complexity index is 2050. The van der Waals surface area contributed by atoms with Gasteiger partial charge in [0.2, 0.25) is 0 Å². The molecule has 0 saturated carbocycles. The molecule has 0 spiro atoms. The van der Waals surface area contributed by atoms with E-state index in [0.717, 1.165) is 0 Å². The summed E-state index contributed by atoms with van der Waals surface area (Å²) in [5.41, 5.74) is 9.83. The number of hydrogen-bond donors (Lipinski definition) is 0. The third kappa shape index (κ3) is 7.05. The molecule has 8 aromatic carbocycles. The molecule has 0 radical (unpaired) electrons. The molecule has 0 unspecified atom stereocenters. The predicted molar refractivity (Wildman–Crippen MR) is 238 cm³/mol. The molecule has 54 heavy (non-hydrogen) atoms. The van der Waals surface area contributed by atoms with Gasteiger partial charge in [0.1, 0.15) is 0 Å². The van der Waals surface area contributed by atoms with Crippen LogP contribution < -0.4 is 31.1 Å². The highest BCUT2D eigenvalue weighted by molar-refractivity contribution is 7.15. The molecule has 0 aliphatic rings. The first kappa shape index (κ1) is 34.7. The van der Waals surface area contributed by atoms with Gasteiger partial charge >= 0.3 is 0 Å². The third-order valence-corrected chi connectivity index (χ3v) is 19.4. The van der Waals surface area contributed by atoms with Gasteiger partial charge < -0.3 is 0 Å². The Morgan fingerprint density at radius 3 is 0.630 bits per heavy atom. The van der Waals surface area contributed by atoms with Crippen LogP contribution in [0, 0.1) is 0 Å². The zero-order valence-corrected chi connectivity index (χ0v) is 32.2. The zero-order chi connectivity index (χ0) is 36.5. The van der Waals surface area contributed by atoms with Gasteiger partial charge in [0.15, 0.2) is 16.1 Å². The molecule has 0 fully saturated rings. The summed E-state index contributed by atoms with van der Waals surface area (Å²) >= 11 is 0. The minimum atomic E-state index is -2.46. The van der Waals surface area contributed by atoms with E-state index >= 15 is 0 Å². The summed E-state index contributed by atoms with van der Waals surface area (Å²) in [6.45, 7) is 0. The summed E-state index contributed by atoms with van der Waals surface area (Å²) in [5, 5.41) is 8.25. The summed E-state index contributed by atoms with van der Waals surface area (Å²) in [4.78, 5) is 0. The van der Waals surface area contributed by atoms with Crippen molar-refractivity contribution in [3.8, 4) is 11.1 Å². The highest BCUT2D eigenvalue weighted by Gasteiger charge is 2.37. The average Bonchev–Trinajstić information content (AvgIpc) is 3.27. The maximum absolute atomic E-state index is 2.51. The topological polar surface area (TPSA) is 0 Å². The van der Waals surface area contributed by atoms with Crippen molar-refractivity contribution < 1.29 is 0 Å². The van der Waals surface area contributed by atoms with Crippen LogP contribution in [0.2, 0.25) is 0 Å². The largest absolute Gasteiger partial charge is 0.172 e. The molecule has 8 aromatic rings. The number of rotatable bonds is 11. The van der Waals surface area contributed by atoms with E-state index in [-0.39, 0.29) is 0 Å². The molecule has 258 valence electrons. The van der Waals surface area contributed by atoms with Gasteiger partial charge in [-0.2, -0.15) is 0 Å². The summed E-state index contributed by atoms with van der Waals surface area (Å²) in [6.07, 6.45) is 4.67. The standard InChI is InChI=1S/C52H42Si2/c1-7-19-47(20-8-1)53(48-21-9-2-10-22-48,49-23-11-3-12-24-49)41-39-43-31-35-45(36-32-43)46-37-33-44(34-38-46)40-42-54(50-25-13-4-14-26-50,51-27-15-5-16-28-51)52-29-17-6-18-30-52/h1-42H/b41-39-,42-40-. The van der Waals surface area contributed by atoms with Crippen LogP contribution in [0.4, 0.5) is 0 Å². The fourth-order valence-electron chi connectivity index (χ4n) is 7.80. The van der Waals surface area contributed by atoms with Crippen LogP contribution in [0.3, 0.4) is 0 Å². The van der Waals surface area contributed by atoms with Crippen molar-refractivity contribution in [3.63, 3.8) is 0 Å². The van der Waals surface area contributed by atoms with Gasteiger partial charge in [-0.3, -0.25) is 0 Å². The Balaban J connectivity index is 1.10. The Morgan fingerprint density at radius 1 is 0.222 bits per heavy atom. The van der Waals surface area contributed by atoms with Crippen LogP contribution in [-0.2, 0) is 0 Å². The minimum Gasteiger partial charge on any atom is -0.0812 e. The normalized spacial score (nSPS) is 11.9. The SMILES string of the molecule is C(=C/[Si](c1ccccc1)(c1ccccc1)c1ccccc1)/c1ccc(-c2ccc(/C=C\[Si](c3ccccc3)(c3ccccc3)c3ccccc3)cc2)cc1. The van der Waals surface area contributed by atoms with Crippen molar-refractivity contribution in [1.82, 2.24) is 0 Å². The second kappa shape index (κ2) is 16.1. The summed E-state index contributed by atoms with van der Waals surface area (Å²) in [7, 11) is -4.92. The van der Waals surface area contributed by atoms with Crippen molar-refractivity contribution in [2.75, 3.05) is 0 Å². The molecule has 8 rings (SSSR count). The van der Waals surface area contributed by atoms with Gasteiger partial charge in [-0.15, -0.1) is 0 Å². The lowest BCUT2D eigenvalue weighted by atomic mass is 10.0. The van der Waals surface area contributed by atoms with Crippen molar-refractivity contribution in [2.45, 2.75) is 0 Å². The van der Waals surface area contributed by atoms with E-state index in [0.29, 0.717) is 0 Å². The van der Waals surface area contributed by atoms with Gasteiger partial charge in [0.05, 0.1) is 0 Å². The second-order valence-electron chi connectivity index (χ2n) is 13.7. The molecular weight excluding hydrogens is 681 g/mol. The molecule has 2 heteroatoms. The molecule has 0 aliphatic carbocycles. The average molecular weight is 723 g/mol. The third-order valence-electron chi connectivity index (χ3n) is 10.6. The Labute approximate surface area is 322 Å². The first-order chi connectivity index (χ1) is 26.8. The lowest BCUT2D eigenvalue weighted by Gasteiger charge is -2.30. The van der Waals surface area contributed by atoms with Gasteiger partial charge in [-0.1, -0.05) is 254 Å². The Kier molecular flexibility index (Phi) is 10.4. The summed E-state index contributed by atoms with van der Waals surface area (Å²) in [5.74, 6) is 0. The molecule has 0 atom stereocenters. The van der Waals surface area contributed by atoms with Gasteiger partial charge in [-0.05, 0) is 53.4 Å². The van der Waals surface area contributed by atoms with Crippen LogP contribution in [0.25, 0.3) is 23.3 Å². The van der Waals surface area contributed by atoms with Crippen molar-refractivity contribution in [1.29, 1.82) is 0 Å². The number of benzene rings is 8. The highest BCUT2D eigenvalue weighted by atomic mass is 28.3. The van der Waals surface area contributed by atoms with Crippen molar-refractivity contribution in [2.24, 2.45) is 0 Å². The van der Waals surface area contributed by atoms with E-state index in [2.05, 4.69) is 254 Å². The second-order valence-corrected chi connectivity index (χ2v) is 21.1. The zero-order valence-electron chi connectivity index (χ0n) is 30.2. The van der Waals surface area contributed by atoms with Crippen LogP contribution in [0.5, 0.6) is 0 Å². The fourth-order valence-corrected chi connectivity index (χ4v) is 16.1. The van der Waals surface area contributed by atoms with Crippen LogP contribution in [-0.4, -0.2) is 16.1 Å². The molecule has 0 heterocycles. The van der Waals surface area contributed by atoms with Crippen LogP contribution in [0.15, 0.2) is 242 Å². The maximum atomic E-state index is 2.51. The smallest absolute Gasteiger partial charge is 0.0812 e. The molecule has 0 saturated heterocycles. The molecule has 0 N–H and O–H groups in total. The van der Waals surface area contributed by atoms with Gasteiger partial charge in [0, 0.05) is 0 Å². The minimum absolute atomic E-state index is 1.20. The molecule has 0 aliphatic heterocycles. The van der Waals surface area contributed by atoms with Crippen molar-refractivity contribution in [3.05, 3.63) is 253 Å². The van der Waals surface area contributed by atoms with Gasteiger partial charge in [-0.25, -0.2) is 0 Å². The van der Waals surface area contributed by atoms with E-state index in [1.165, 1.54) is 53.4 Å². The lowest BCUT2D eigenvalue weighted by molar-refractivity contribution is 1.58. The quantitative estimate of drug-likeness (QED) is 0.0926. The maximum Gasteiger partial charge on any atom is 0.172 e. The first-order valence-corrected chi connectivity index (χ1v) is 22.8. The van der Waals surface area contributed by atoms with Crippen molar-refractivity contribution >= 4 is 59.4 Å². The lowest BCUT2D eigenvalue weighted by Crippen LogP contribution is -2.66. The number of hydrogen-bond acceptors (Lipinski definition) is 0. The summed E-state index contributed by atoms with van der Waals surface area (Å²) in [6, 6.07) is 84.2. The fraction of sp³-hybridized carbons (Fsp3) is 0. The van der Waals surface area contributed by atoms with E-state index in [1.807, 2.05) is 0 Å².